The molecule has 2 aromatic carbocycles. The van der Waals surface area contributed by atoms with Crippen molar-refractivity contribution in [1.82, 2.24) is 4.98 Å². The predicted molar refractivity (Wildman–Crippen MR) is 105 cm³/mol. The van der Waals surface area contributed by atoms with Crippen LogP contribution < -0.4 is 4.31 Å². The lowest BCUT2D eigenvalue weighted by atomic mass is 10.2. The topological polar surface area (TPSA) is 87.6 Å². The molecule has 0 saturated carbocycles. The number of hydrogen-bond donors (Lipinski definition) is 1. The zero-order valence-electron chi connectivity index (χ0n) is 14.8. The fourth-order valence-electron chi connectivity index (χ4n) is 2.71. The van der Waals surface area contributed by atoms with Crippen LogP contribution in [0.4, 0.5) is 5.69 Å². The van der Waals surface area contributed by atoms with Crippen LogP contribution in [-0.2, 0) is 16.6 Å². The van der Waals surface area contributed by atoms with E-state index >= 15 is 0 Å². The Morgan fingerprint density at radius 1 is 1.11 bits per heavy atom. The third-order valence-electron chi connectivity index (χ3n) is 3.94. The molecular weight excluding hydrogens is 384 g/mol. The summed E-state index contributed by atoms with van der Waals surface area (Å²) in [5, 5.41) is 9.93. The number of rotatable bonds is 6. The van der Waals surface area contributed by atoms with Gasteiger partial charge in [0.25, 0.3) is 10.0 Å². The molecule has 140 valence electrons. The van der Waals surface area contributed by atoms with Crippen LogP contribution >= 0.6 is 11.3 Å². The summed E-state index contributed by atoms with van der Waals surface area (Å²) in [4.78, 5) is 15.6. The van der Waals surface area contributed by atoms with Crippen LogP contribution in [0.1, 0.15) is 26.6 Å². The van der Waals surface area contributed by atoms with E-state index in [0.29, 0.717) is 16.4 Å². The molecule has 0 spiro atoms. The first-order valence-electron chi connectivity index (χ1n) is 8.13. The number of anilines is 1. The highest BCUT2D eigenvalue weighted by molar-refractivity contribution is 7.94. The van der Waals surface area contributed by atoms with Crippen molar-refractivity contribution in [2.75, 3.05) is 4.31 Å². The van der Waals surface area contributed by atoms with Crippen molar-refractivity contribution in [1.29, 1.82) is 0 Å². The molecule has 0 fully saturated rings. The van der Waals surface area contributed by atoms with Gasteiger partial charge in [-0.3, -0.25) is 4.31 Å². The molecule has 8 heteroatoms. The quantitative estimate of drug-likeness (QED) is 0.677. The molecule has 0 aliphatic heterocycles. The summed E-state index contributed by atoms with van der Waals surface area (Å²) in [6.07, 6.45) is 0. The summed E-state index contributed by atoms with van der Waals surface area (Å²) < 4.78 is 28.2. The molecule has 0 bridgehead atoms. The Morgan fingerprint density at radius 2 is 1.81 bits per heavy atom. The Balaban J connectivity index is 2.14. The molecule has 0 aliphatic carbocycles. The first-order chi connectivity index (χ1) is 12.8. The molecule has 0 atom stereocenters. The van der Waals surface area contributed by atoms with Gasteiger partial charge in [-0.25, -0.2) is 18.2 Å². The molecule has 3 rings (SSSR count). The molecular formula is C19H18N2O4S2. The average molecular weight is 402 g/mol. The van der Waals surface area contributed by atoms with Gasteiger partial charge in [0, 0.05) is 0 Å². The monoisotopic (exact) mass is 402 g/mol. The second kappa shape index (κ2) is 7.50. The number of thiazole rings is 1. The lowest BCUT2D eigenvalue weighted by molar-refractivity contribution is 0.0697. The van der Waals surface area contributed by atoms with Gasteiger partial charge in [-0.05, 0) is 37.6 Å². The van der Waals surface area contributed by atoms with Gasteiger partial charge >= 0.3 is 5.97 Å². The molecule has 0 aliphatic rings. The maximum absolute atomic E-state index is 13.4. The highest BCUT2D eigenvalue weighted by Gasteiger charge is 2.29. The van der Waals surface area contributed by atoms with E-state index in [-0.39, 0.29) is 16.3 Å². The van der Waals surface area contributed by atoms with Crippen LogP contribution in [0.5, 0.6) is 0 Å². The fourth-order valence-corrected chi connectivity index (χ4v) is 5.74. The maximum atomic E-state index is 13.4. The number of aromatic nitrogens is 1. The Morgan fingerprint density at radius 3 is 2.41 bits per heavy atom. The van der Waals surface area contributed by atoms with E-state index in [1.165, 1.54) is 22.5 Å². The van der Waals surface area contributed by atoms with Gasteiger partial charge < -0.3 is 5.11 Å². The Hall–Kier alpha value is -2.71. The highest BCUT2D eigenvalue weighted by atomic mass is 32.2. The highest BCUT2D eigenvalue weighted by Crippen LogP contribution is 2.31. The Bertz CT molecular complexity index is 1080. The normalized spacial score (nSPS) is 11.3. The van der Waals surface area contributed by atoms with Crippen LogP contribution in [0.15, 0.2) is 58.8 Å². The number of sulfonamides is 1. The van der Waals surface area contributed by atoms with Crippen molar-refractivity contribution in [2.24, 2.45) is 0 Å². The van der Waals surface area contributed by atoms with E-state index < -0.39 is 16.0 Å². The Kier molecular flexibility index (Phi) is 5.29. The molecule has 1 aromatic heterocycles. The van der Waals surface area contributed by atoms with Crippen molar-refractivity contribution in [3.63, 3.8) is 0 Å². The van der Waals surface area contributed by atoms with Gasteiger partial charge in [-0.15, -0.1) is 11.3 Å². The molecule has 1 heterocycles. The molecule has 1 N–H and O–H groups in total. The van der Waals surface area contributed by atoms with Crippen molar-refractivity contribution >= 4 is 33.0 Å². The number of carboxylic acid groups (broad SMARTS) is 1. The smallest absolute Gasteiger partial charge is 0.335 e. The second-order valence-electron chi connectivity index (χ2n) is 5.96. The summed E-state index contributed by atoms with van der Waals surface area (Å²) in [6, 6.07) is 15.1. The number of aryl methyl sites for hydroxylation is 2. The summed E-state index contributed by atoms with van der Waals surface area (Å²) in [5.74, 6) is -1.11. The van der Waals surface area contributed by atoms with Crippen molar-refractivity contribution in [3.05, 3.63) is 76.4 Å². The third-order valence-corrected chi connectivity index (χ3v) is 7.37. The first-order valence-corrected chi connectivity index (χ1v) is 10.4. The van der Waals surface area contributed by atoms with E-state index in [4.69, 9.17) is 0 Å². The standard InChI is InChI=1S/C19H18N2O4S2/c1-13-19(26-14(2)20-13)27(24,25)21(12-15-7-4-3-5-8-15)17-10-6-9-16(11-17)18(22)23/h3-11H,12H2,1-2H3,(H,22,23). The van der Waals surface area contributed by atoms with Crippen LogP contribution in [-0.4, -0.2) is 24.5 Å². The zero-order chi connectivity index (χ0) is 19.6. The molecule has 0 radical (unpaired) electrons. The summed E-state index contributed by atoms with van der Waals surface area (Å²) in [5.41, 5.74) is 1.55. The minimum Gasteiger partial charge on any atom is -0.478 e. The SMILES string of the molecule is Cc1nc(C)c(S(=O)(=O)N(Cc2ccccc2)c2cccc(C(=O)O)c2)s1. The number of hydrogen-bond acceptors (Lipinski definition) is 5. The third kappa shape index (κ3) is 4.01. The number of carbonyl (C=O) groups is 1. The molecule has 6 nitrogen and oxygen atoms in total. The molecule has 0 unspecified atom stereocenters. The van der Waals surface area contributed by atoms with Crippen LogP contribution in [0.2, 0.25) is 0 Å². The van der Waals surface area contributed by atoms with Crippen LogP contribution in [0.25, 0.3) is 0 Å². The van der Waals surface area contributed by atoms with Gasteiger partial charge in [-0.2, -0.15) is 0 Å². The molecule has 0 saturated heterocycles. The largest absolute Gasteiger partial charge is 0.478 e. The van der Waals surface area contributed by atoms with E-state index in [1.807, 2.05) is 30.3 Å². The molecule has 3 aromatic rings. The minimum atomic E-state index is -3.91. The number of carboxylic acids is 1. The average Bonchev–Trinajstić information content (AvgIpc) is 2.99. The van der Waals surface area contributed by atoms with Gasteiger partial charge in [0.2, 0.25) is 0 Å². The zero-order valence-corrected chi connectivity index (χ0v) is 16.4. The molecule has 0 amide bonds. The number of nitrogens with zero attached hydrogens (tertiary/aromatic N) is 2. The lowest BCUT2D eigenvalue weighted by Crippen LogP contribution is -2.30. The van der Waals surface area contributed by atoms with E-state index in [1.54, 1.807) is 19.9 Å². The van der Waals surface area contributed by atoms with Gasteiger partial charge in [0.05, 0.1) is 28.5 Å². The van der Waals surface area contributed by atoms with Crippen molar-refractivity contribution in [3.8, 4) is 0 Å². The van der Waals surface area contributed by atoms with Gasteiger partial charge in [0.15, 0.2) is 4.21 Å². The summed E-state index contributed by atoms with van der Waals surface area (Å²) in [7, 11) is -3.91. The van der Waals surface area contributed by atoms with Crippen LogP contribution in [0, 0.1) is 13.8 Å². The Labute approximate surface area is 161 Å². The number of benzene rings is 2. The van der Waals surface area contributed by atoms with Crippen molar-refractivity contribution in [2.45, 2.75) is 24.6 Å². The van der Waals surface area contributed by atoms with Gasteiger partial charge in [-0.1, -0.05) is 36.4 Å². The fraction of sp³-hybridized carbons (Fsp3) is 0.158. The van der Waals surface area contributed by atoms with Crippen LogP contribution in [0.3, 0.4) is 0 Å². The van der Waals surface area contributed by atoms with Gasteiger partial charge in [0.1, 0.15) is 0 Å². The van der Waals surface area contributed by atoms with E-state index in [9.17, 15) is 18.3 Å². The maximum Gasteiger partial charge on any atom is 0.335 e. The van der Waals surface area contributed by atoms with Crippen molar-refractivity contribution < 1.29 is 18.3 Å². The number of aromatic carboxylic acids is 1. The predicted octanol–water partition coefficient (Wildman–Crippen LogP) is 3.85. The van der Waals surface area contributed by atoms with E-state index in [0.717, 1.165) is 16.9 Å². The first kappa shape index (κ1) is 19.1. The molecule has 27 heavy (non-hydrogen) atoms. The summed E-state index contributed by atoms with van der Waals surface area (Å²) in [6.45, 7) is 3.50. The minimum absolute atomic E-state index is 0.0259. The van der Waals surface area contributed by atoms with E-state index in [2.05, 4.69) is 4.98 Å². The second-order valence-corrected chi connectivity index (χ2v) is 9.22. The lowest BCUT2D eigenvalue weighted by Gasteiger charge is -2.24. The summed E-state index contributed by atoms with van der Waals surface area (Å²) >= 11 is 1.11.